The minimum Gasteiger partial charge on any atom is -0.495 e. The third kappa shape index (κ3) is 3.99. The van der Waals surface area contributed by atoms with Crippen molar-refractivity contribution in [3.8, 4) is 5.75 Å². The Labute approximate surface area is 191 Å². The smallest absolute Gasteiger partial charge is 0.225 e. The van der Waals surface area contributed by atoms with E-state index in [2.05, 4.69) is 20.9 Å². The number of halogens is 1. The molecule has 2 aliphatic rings. The molecule has 3 heterocycles. The highest BCUT2D eigenvalue weighted by Gasteiger charge is 2.31. The normalized spacial score (nSPS) is 17.8. The van der Waals surface area contributed by atoms with Crippen LogP contribution in [0.25, 0.3) is 10.2 Å². The number of hydrogen-bond acceptors (Lipinski definition) is 6. The molecule has 2 aliphatic heterocycles. The third-order valence-electron chi connectivity index (χ3n) is 6.49. The summed E-state index contributed by atoms with van der Waals surface area (Å²) >= 11 is 1.52. The Morgan fingerprint density at radius 3 is 2.47 bits per heavy atom. The second-order valence-corrected chi connectivity index (χ2v) is 9.34. The molecule has 0 bridgehead atoms. The standard InChI is InChI=1S/C24H27FN4O2S/c1-31-20-7-3-2-6-19(20)27-13-15-28(16-14-27)23(30)17-9-11-29(12-10-17)24-26-22-18(25)5-4-8-21(22)32-24/h2-8,17H,9-16H2,1H3. The van der Waals surface area contributed by atoms with Crippen molar-refractivity contribution in [2.45, 2.75) is 12.8 Å². The summed E-state index contributed by atoms with van der Waals surface area (Å²) in [7, 11) is 1.69. The number of thiazole rings is 1. The predicted octanol–water partition coefficient (Wildman–Crippen LogP) is 4.01. The molecule has 0 unspecified atom stereocenters. The van der Waals surface area contributed by atoms with E-state index in [-0.39, 0.29) is 17.6 Å². The molecular weight excluding hydrogens is 427 g/mol. The molecule has 2 fully saturated rings. The largest absolute Gasteiger partial charge is 0.495 e. The number of methoxy groups -OCH3 is 1. The van der Waals surface area contributed by atoms with Gasteiger partial charge < -0.3 is 19.4 Å². The number of anilines is 2. The van der Waals surface area contributed by atoms with Gasteiger partial charge in [-0.15, -0.1) is 0 Å². The van der Waals surface area contributed by atoms with Crippen molar-refractivity contribution in [2.75, 3.05) is 56.2 Å². The molecule has 1 aromatic heterocycles. The SMILES string of the molecule is COc1ccccc1N1CCN(C(=O)C2CCN(c3nc4c(F)cccc4s3)CC2)CC1. The molecule has 0 aliphatic carbocycles. The predicted molar refractivity (Wildman–Crippen MR) is 126 cm³/mol. The second-order valence-electron chi connectivity index (χ2n) is 8.33. The van der Waals surface area contributed by atoms with Crippen molar-refractivity contribution >= 4 is 38.3 Å². The molecule has 0 atom stereocenters. The zero-order valence-electron chi connectivity index (χ0n) is 18.2. The van der Waals surface area contributed by atoms with Gasteiger partial charge in [0.05, 0.1) is 17.5 Å². The van der Waals surface area contributed by atoms with Gasteiger partial charge in [-0.3, -0.25) is 4.79 Å². The maximum Gasteiger partial charge on any atom is 0.225 e. The van der Waals surface area contributed by atoms with Crippen LogP contribution in [0.2, 0.25) is 0 Å². The Hall–Kier alpha value is -2.87. The number of piperidine rings is 1. The lowest BCUT2D eigenvalue weighted by Crippen LogP contribution is -2.51. The summed E-state index contributed by atoms with van der Waals surface area (Å²) in [4.78, 5) is 24.1. The Balaban J connectivity index is 1.17. The first-order chi connectivity index (χ1) is 15.6. The summed E-state index contributed by atoms with van der Waals surface area (Å²) < 4.78 is 20.3. The van der Waals surface area contributed by atoms with Crippen LogP contribution < -0.4 is 14.5 Å². The molecule has 1 amide bonds. The van der Waals surface area contributed by atoms with Crippen LogP contribution in [0.4, 0.5) is 15.2 Å². The van der Waals surface area contributed by atoms with Gasteiger partial charge in [0.25, 0.3) is 0 Å². The van der Waals surface area contributed by atoms with Crippen molar-refractivity contribution in [3.63, 3.8) is 0 Å². The molecule has 8 heteroatoms. The zero-order chi connectivity index (χ0) is 22.1. The van der Waals surface area contributed by atoms with E-state index in [9.17, 15) is 9.18 Å². The minimum atomic E-state index is -0.276. The van der Waals surface area contributed by atoms with Gasteiger partial charge in [-0.2, -0.15) is 0 Å². The van der Waals surface area contributed by atoms with Crippen molar-refractivity contribution < 1.29 is 13.9 Å². The lowest BCUT2D eigenvalue weighted by molar-refractivity contribution is -0.136. The van der Waals surface area contributed by atoms with Crippen LogP contribution in [-0.4, -0.2) is 62.2 Å². The molecule has 168 valence electrons. The fourth-order valence-corrected chi connectivity index (χ4v) is 5.70. The van der Waals surface area contributed by atoms with Crippen LogP contribution in [-0.2, 0) is 4.79 Å². The number of para-hydroxylation sites is 3. The lowest BCUT2D eigenvalue weighted by atomic mass is 9.95. The van der Waals surface area contributed by atoms with Crippen LogP contribution in [0.15, 0.2) is 42.5 Å². The second kappa shape index (κ2) is 8.94. The van der Waals surface area contributed by atoms with E-state index in [0.29, 0.717) is 5.52 Å². The Bertz CT molecular complexity index is 1100. The van der Waals surface area contributed by atoms with E-state index < -0.39 is 0 Å². The Morgan fingerprint density at radius 1 is 1.00 bits per heavy atom. The van der Waals surface area contributed by atoms with Crippen molar-refractivity contribution in [1.82, 2.24) is 9.88 Å². The number of nitrogens with zero attached hydrogens (tertiary/aromatic N) is 4. The molecule has 0 N–H and O–H groups in total. The molecule has 2 aromatic carbocycles. The van der Waals surface area contributed by atoms with Crippen molar-refractivity contribution in [1.29, 1.82) is 0 Å². The highest BCUT2D eigenvalue weighted by molar-refractivity contribution is 7.22. The van der Waals surface area contributed by atoms with Gasteiger partial charge in [0.1, 0.15) is 17.1 Å². The van der Waals surface area contributed by atoms with E-state index in [1.54, 1.807) is 13.2 Å². The number of fused-ring (bicyclic) bond motifs is 1. The van der Waals surface area contributed by atoms with Crippen LogP contribution in [0.1, 0.15) is 12.8 Å². The van der Waals surface area contributed by atoms with E-state index in [4.69, 9.17) is 4.74 Å². The van der Waals surface area contributed by atoms with Gasteiger partial charge in [-0.05, 0) is 37.1 Å². The molecule has 6 nitrogen and oxygen atoms in total. The monoisotopic (exact) mass is 454 g/mol. The summed E-state index contributed by atoms with van der Waals surface area (Å²) in [6.07, 6.45) is 1.62. The number of benzene rings is 2. The average molecular weight is 455 g/mol. The summed E-state index contributed by atoms with van der Waals surface area (Å²) in [5, 5.41) is 0.849. The van der Waals surface area contributed by atoms with Crippen LogP contribution in [0.5, 0.6) is 5.75 Å². The number of hydrogen-bond donors (Lipinski definition) is 0. The number of carbonyl (C=O) groups excluding carboxylic acids is 1. The summed E-state index contributed by atoms with van der Waals surface area (Å²) in [5.41, 5.74) is 1.53. The summed E-state index contributed by atoms with van der Waals surface area (Å²) in [6, 6.07) is 13.1. The number of aromatic nitrogens is 1. The molecule has 3 aromatic rings. The van der Waals surface area contributed by atoms with Crippen LogP contribution in [0, 0.1) is 11.7 Å². The first-order valence-electron chi connectivity index (χ1n) is 11.1. The quantitative estimate of drug-likeness (QED) is 0.596. The van der Waals surface area contributed by atoms with Crippen LogP contribution >= 0.6 is 11.3 Å². The number of amides is 1. The van der Waals surface area contributed by atoms with Gasteiger partial charge in [0.2, 0.25) is 5.91 Å². The molecule has 32 heavy (non-hydrogen) atoms. The molecule has 5 rings (SSSR count). The van der Waals surface area contributed by atoms with E-state index >= 15 is 0 Å². The van der Waals surface area contributed by atoms with Gasteiger partial charge in [-0.25, -0.2) is 9.37 Å². The van der Waals surface area contributed by atoms with E-state index in [1.807, 2.05) is 29.2 Å². The van der Waals surface area contributed by atoms with Gasteiger partial charge in [-0.1, -0.05) is 29.5 Å². The molecule has 0 spiro atoms. The fourth-order valence-electron chi connectivity index (χ4n) is 4.67. The van der Waals surface area contributed by atoms with E-state index in [1.165, 1.54) is 17.4 Å². The molecule has 0 saturated carbocycles. The van der Waals surface area contributed by atoms with Crippen molar-refractivity contribution in [2.24, 2.45) is 5.92 Å². The Morgan fingerprint density at radius 2 is 1.75 bits per heavy atom. The highest BCUT2D eigenvalue weighted by Crippen LogP contribution is 2.33. The lowest BCUT2D eigenvalue weighted by Gasteiger charge is -2.39. The van der Waals surface area contributed by atoms with E-state index in [0.717, 1.165) is 73.4 Å². The number of rotatable bonds is 4. The maximum atomic E-state index is 14.0. The third-order valence-corrected chi connectivity index (χ3v) is 7.57. The maximum absolute atomic E-state index is 14.0. The topological polar surface area (TPSA) is 48.9 Å². The number of ether oxygens (including phenoxy) is 1. The average Bonchev–Trinajstić information content (AvgIpc) is 3.30. The first kappa shape index (κ1) is 21.0. The zero-order valence-corrected chi connectivity index (χ0v) is 19.0. The Kier molecular flexibility index (Phi) is 5.87. The summed E-state index contributed by atoms with van der Waals surface area (Å²) in [5.74, 6) is 0.909. The minimum absolute atomic E-state index is 0.0511. The van der Waals surface area contributed by atoms with Gasteiger partial charge in [0, 0.05) is 45.2 Å². The first-order valence-corrected chi connectivity index (χ1v) is 11.9. The van der Waals surface area contributed by atoms with Gasteiger partial charge in [0.15, 0.2) is 5.13 Å². The van der Waals surface area contributed by atoms with Crippen molar-refractivity contribution in [3.05, 3.63) is 48.3 Å². The fraction of sp³-hybridized carbons (Fsp3) is 0.417. The molecule has 0 radical (unpaired) electrons. The highest BCUT2D eigenvalue weighted by atomic mass is 32.1. The molecule has 2 saturated heterocycles. The summed E-state index contributed by atoms with van der Waals surface area (Å²) in [6.45, 7) is 4.63. The molecular formula is C24H27FN4O2S. The van der Waals surface area contributed by atoms with Crippen LogP contribution in [0.3, 0.4) is 0 Å². The number of carbonyl (C=O) groups is 1. The number of piperazine rings is 1. The van der Waals surface area contributed by atoms with Gasteiger partial charge >= 0.3 is 0 Å².